The van der Waals surface area contributed by atoms with Gasteiger partial charge in [0.2, 0.25) is 0 Å². The maximum Gasteiger partial charge on any atom is 0.334 e. The third kappa shape index (κ3) is 2.94. The van der Waals surface area contributed by atoms with Crippen molar-refractivity contribution in [2.45, 2.75) is 31.0 Å². The van der Waals surface area contributed by atoms with Gasteiger partial charge in [0.1, 0.15) is 11.7 Å². The molecular weight excluding hydrogens is 224 g/mol. The van der Waals surface area contributed by atoms with Crippen molar-refractivity contribution in [3.8, 4) is 0 Å². The van der Waals surface area contributed by atoms with Gasteiger partial charge in [-0.05, 0) is 19.3 Å². The summed E-state index contributed by atoms with van der Waals surface area (Å²) in [6, 6.07) is 0. The number of carbonyl (C=O) groups is 2. The van der Waals surface area contributed by atoms with Gasteiger partial charge < -0.3 is 14.6 Å². The number of esters is 1. The Morgan fingerprint density at radius 3 is 2.65 bits per heavy atom. The highest BCUT2D eigenvalue weighted by Gasteiger charge is 2.59. The maximum atomic E-state index is 11.6. The van der Waals surface area contributed by atoms with E-state index in [1.807, 2.05) is 0 Å². The van der Waals surface area contributed by atoms with Crippen molar-refractivity contribution in [3.05, 3.63) is 24.3 Å². The molecule has 1 aliphatic heterocycles. The Balaban J connectivity index is 1.79. The molecule has 0 aromatic carbocycles. The van der Waals surface area contributed by atoms with Gasteiger partial charge in [0.15, 0.2) is 0 Å². The predicted molar refractivity (Wildman–Crippen MR) is 58.3 cm³/mol. The first-order valence-electron chi connectivity index (χ1n) is 5.46. The van der Waals surface area contributed by atoms with Gasteiger partial charge in [-0.2, -0.15) is 0 Å². The minimum Gasteiger partial charge on any atom is -0.478 e. The van der Waals surface area contributed by atoms with Crippen LogP contribution in [0.15, 0.2) is 24.3 Å². The molecule has 1 atom stereocenters. The van der Waals surface area contributed by atoms with Crippen LogP contribution in [0.5, 0.6) is 0 Å². The number of epoxide rings is 1. The summed E-state index contributed by atoms with van der Waals surface area (Å²) < 4.78 is 10.5. The van der Waals surface area contributed by atoms with E-state index in [9.17, 15) is 9.59 Å². The van der Waals surface area contributed by atoms with E-state index >= 15 is 0 Å². The van der Waals surface area contributed by atoms with Gasteiger partial charge in [-0.1, -0.05) is 12.7 Å². The van der Waals surface area contributed by atoms with Gasteiger partial charge in [0, 0.05) is 11.6 Å². The first kappa shape index (κ1) is 11.9. The van der Waals surface area contributed by atoms with Gasteiger partial charge in [-0.3, -0.25) is 0 Å². The molecule has 2 fully saturated rings. The van der Waals surface area contributed by atoms with E-state index in [1.54, 1.807) is 0 Å². The van der Waals surface area contributed by atoms with Gasteiger partial charge >= 0.3 is 11.9 Å². The Morgan fingerprint density at radius 1 is 1.53 bits per heavy atom. The molecular formula is C12H14O5. The summed E-state index contributed by atoms with van der Waals surface area (Å²) in [5.41, 5.74) is -0.161. The second-order valence-corrected chi connectivity index (χ2v) is 4.32. The van der Waals surface area contributed by atoms with Crippen LogP contribution in [0.4, 0.5) is 0 Å². The van der Waals surface area contributed by atoms with E-state index in [0.29, 0.717) is 6.61 Å². The van der Waals surface area contributed by atoms with E-state index in [0.717, 1.165) is 18.9 Å². The van der Waals surface area contributed by atoms with Crippen LogP contribution in [0, 0.1) is 0 Å². The predicted octanol–water partition coefficient (Wildman–Crippen LogP) is 1.05. The lowest BCUT2D eigenvalue weighted by molar-refractivity contribution is -0.147. The molecule has 2 aliphatic rings. The topological polar surface area (TPSA) is 76.1 Å². The smallest absolute Gasteiger partial charge is 0.334 e. The molecule has 2 rings (SSSR count). The molecule has 1 saturated carbocycles. The van der Waals surface area contributed by atoms with Crippen molar-refractivity contribution in [1.82, 2.24) is 0 Å². The fourth-order valence-corrected chi connectivity index (χ4v) is 1.61. The van der Waals surface area contributed by atoms with E-state index < -0.39 is 17.5 Å². The van der Waals surface area contributed by atoms with Gasteiger partial charge in [0.05, 0.1) is 6.61 Å². The normalized spacial score (nSPS) is 24.4. The third-order valence-corrected chi connectivity index (χ3v) is 2.87. The van der Waals surface area contributed by atoms with Crippen molar-refractivity contribution in [2.75, 3.05) is 6.61 Å². The lowest BCUT2D eigenvalue weighted by Gasteiger charge is -2.14. The summed E-state index contributed by atoms with van der Waals surface area (Å²) in [4.78, 5) is 21.9. The zero-order chi connectivity index (χ0) is 12.5. The number of carbonyl (C=O) groups excluding carboxylic acids is 1. The number of carboxylic acids is 1. The van der Waals surface area contributed by atoms with Crippen LogP contribution in [-0.2, 0) is 19.1 Å². The lowest BCUT2D eigenvalue weighted by atomic mass is 10.2. The highest BCUT2D eigenvalue weighted by Crippen LogP contribution is 2.48. The van der Waals surface area contributed by atoms with Crippen molar-refractivity contribution >= 4 is 11.9 Å². The molecule has 1 unspecified atom stereocenters. The summed E-state index contributed by atoms with van der Waals surface area (Å²) in [5, 5.41) is 8.39. The number of hydrogen-bond acceptors (Lipinski definition) is 4. The second-order valence-electron chi connectivity index (χ2n) is 4.32. The van der Waals surface area contributed by atoms with E-state index in [4.69, 9.17) is 14.6 Å². The van der Waals surface area contributed by atoms with Gasteiger partial charge in [0.25, 0.3) is 0 Å². The molecule has 1 aliphatic carbocycles. The van der Waals surface area contributed by atoms with Crippen molar-refractivity contribution in [1.29, 1.82) is 0 Å². The number of hydrogen-bond donors (Lipinski definition) is 1. The van der Waals surface area contributed by atoms with Crippen molar-refractivity contribution in [3.63, 3.8) is 0 Å². The molecule has 17 heavy (non-hydrogen) atoms. The van der Waals surface area contributed by atoms with Crippen LogP contribution >= 0.6 is 0 Å². The average molecular weight is 238 g/mol. The summed E-state index contributed by atoms with van der Waals surface area (Å²) in [6.45, 7) is 4.24. The first-order valence-corrected chi connectivity index (χ1v) is 5.46. The Morgan fingerprint density at radius 2 is 2.18 bits per heavy atom. The fraction of sp³-hybridized carbons (Fsp3) is 0.500. The minimum absolute atomic E-state index is 0.0498. The summed E-state index contributed by atoms with van der Waals surface area (Å²) in [5.74, 6) is -1.51. The average Bonchev–Trinajstić information content (AvgIpc) is 3.10. The SMILES string of the molecule is C=C(CC=CC(=O)O)C(=O)OC1(C2CO2)CC1. The Hall–Kier alpha value is -1.62. The largest absolute Gasteiger partial charge is 0.478 e. The zero-order valence-corrected chi connectivity index (χ0v) is 9.35. The standard InChI is InChI=1S/C12H14O5/c1-8(3-2-4-10(13)14)11(15)17-12(5-6-12)9-7-16-9/h2,4,9H,1,3,5-7H2,(H,13,14). The Labute approximate surface area is 98.7 Å². The molecule has 0 spiro atoms. The van der Waals surface area contributed by atoms with Crippen LogP contribution in [0.2, 0.25) is 0 Å². The molecule has 0 radical (unpaired) electrons. The molecule has 92 valence electrons. The Kier molecular flexibility index (Phi) is 3.02. The second kappa shape index (κ2) is 4.33. The van der Waals surface area contributed by atoms with Crippen LogP contribution in [-0.4, -0.2) is 35.4 Å². The van der Waals surface area contributed by atoms with Crippen LogP contribution in [0.3, 0.4) is 0 Å². The molecule has 0 aromatic heterocycles. The monoisotopic (exact) mass is 238 g/mol. The molecule has 5 heteroatoms. The third-order valence-electron chi connectivity index (χ3n) is 2.87. The molecule has 1 N–H and O–H groups in total. The summed E-state index contributed by atoms with van der Waals surface area (Å²) in [6.07, 6.45) is 4.26. The molecule has 1 saturated heterocycles. The molecule has 0 aromatic rings. The number of carboxylic acid groups (broad SMARTS) is 1. The van der Waals surface area contributed by atoms with Gasteiger partial charge in [-0.15, -0.1) is 0 Å². The highest BCUT2D eigenvalue weighted by atomic mass is 16.6. The quantitative estimate of drug-likeness (QED) is 0.425. The van der Waals surface area contributed by atoms with E-state index in [-0.39, 0.29) is 18.1 Å². The minimum atomic E-state index is -1.05. The zero-order valence-electron chi connectivity index (χ0n) is 9.35. The van der Waals surface area contributed by atoms with Gasteiger partial charge in [-0.25, -0.2) is 9.59 Å². The van der Waals surface area contributed by atoms with Crippen LogP contribution in [0.25, 0.3) is 0 Å². The maximum absolute atomic E-state index is 11.6. The lowest BCUT2D eigenvalue weighted by Crippen LogP contribution is -2.26. The van der Waals surface area contributed by atoms with Crippen LogP contribution in [0.1, 0.15) is 19.3 Å². The van der Waals surface area contributed by atoms with Crippen molar-refractivity contribution < 1.29 is 24.2 Å². The molecule has 5 nitrogen and oxygen atoms in total. The number of allylic oxidation sites excluding steroid dienone is 1. The number of rotatable bonds is 6. The number of aliphatic carboxylic acids is 1. The highest BCUT2D eigenvalue weighted by molar-refractivity contribution is 5.89. The Bertz CT molecular complexity index is 388. The van der Waals surface area contributed by atoms with Crippen LogP contribution < -0.4 is 0 Å². The molecule has 0 amide bonds. The molecule has 0 bridgehead atoms. The number of ether oxygens (including phenoxy) is 2. The summed E-state index contributed by atoms with van der Waals surface area (Å²) >= 11 is 0. The summed E-state index contributed by atoms with van der Waals surface area (Å²) in [7, 11) is 0. The van der Waals surface area contributed by atoms with Crippen molar-refractivity contribution in [2.24, 2.45) is 0 Å². The van der Waals surface area contributed by atoms with E-state index in [1.165, 1.54) is 6.08 Å². The molecule has 1 heterocycles. The first-order chi connectivity index (χ1) is 8.03. The van der Waals surface area contributed by atoms with E-state index in [2.05, 4.69) is 6.58 Å². The fourth-order valence-electron chi connectivity index (χ4n) is 1.61.